The molecule has 0 bridgehead atoms. The van der Waals surface area contributed by atoms with Crippen LogP contribution in [-0.4, -0.2) is 15.0 Å². The van der Waals surface area contributed by atoms with Gasteiger partial charge in [-0.05, 0) is 36.4 Å². The van der Waals surface area contributed by atoms with Gasteiger partial charge < -0.3 is 4.42 Å². The Labute approximate surface area is 169 Å². The Morgan fingerprint density at radius 3 is 2.03 bits per heavy atom. The van der Waals surface area contributed by atoms with Crippen LogP contribution in [-0.2, 0) is 5.41 Å². The number of hydrogen-bond donors (Lipinski definition) is 0. The molecule has 29 heavy (non-hydrogen) atoms. The maximum atomic E-state index is 6.24. The van der Waals surface area contributed by atoms with Gasteiger partial charge >= 0.3 is 0 Å². The molecule has 5 aromatic rings. The van der Waals surface area contributed by atoms with Crippen LogP contribution in [0, 0.1) is 0 Å². The summed E-state index contributed by atoms with van der Waals surface area (Å²) < 4.78 is 6.24. The maximum absolute atomic E-state index is 6.24. The minimum absolute atomic E-state index is 0.170. The van der Waals surface area contributed by atoms with Crippen LogP contribution in [0.3, 0.4) is 0 Å². The predicted molar refractivity (Wildman–Crippen MR) is 117 cm³/mol. The van der Waals surface area contributed by atoms with E-state index in [1.54, 1.807) is 0 Å². The minimum atomic E-state index is -0.170. The molecule has 142 valence electrons. The zero-order chi connectivity index (χ0) is 20.0. The van der Waals surface area contributed by atoms with Crippen LogP contribution in [0.1, 0.15) is 26.5 Å². The van der Waals surface area contributed by atoms with Crippen molar-refractivity contribution in [3.05, 3.63) is 78.5 Å². The summed E-state index contributed by atoms with van der Waals surface area (Å²) in [5.41, 5.74) is 6.81. The topological polar surface area (TPSA) is 51.8 Å². The van der Waals surface area contributed by atoms with Crippen molar-refractivity contribution in [1.29, 1.82) is 0 Å². The van der Waals surface area contributed by atoms with E-state index >= 15 is 0 Å². The number of aromatic nitrogens is 3. The fraction of sp³-hybridized carbons (Fsp3) is 0.160. The second kappa shape index (κ2) is 6.52. The first kappa shape index (κ1) is 17.6. The SMILES string of the molecule is CC(C)(C)c1nc2ccccc2nc1-c1cccc2nc(-c3ccccc3)oc12. The average molecular weight is 379 g/mol. The largest absolute Gasteiger partial charge is 0.435 e. The smallest absolute Gasteiger partial charge is 0.227 e. The number of rotatable bonds is 2. The number of hydrogen-bond acceptors (Lipinski definition) is 4. The first-order valence-corrected chi connectivity index (χ1v) is 9.73. The summed E-state index contributed by atoms with van der Waals surface area (Å²) >= 11 is 0. The van der Waals surface area contributed by atoms with Gasteiger partial charge in [0.1, 0.15) is 5.52 Å². The Hall–Kier alpha value is -3.53. The van der Waals surface area contributed by atoms with Crippen molar-refractivity contribution in [3.8, 4) is 22.7 Å². The summed E-state index contributed by atoms with van der Waals surface area (Å²) in [5.74, 6) is 0.610. The molecule has 4 nitrogen and oxygen atoms in total. The number of fused-ring (bicyclic) bond motifs is 2. The van der Waals surface area contributed by atoms with Gasteiger partial charge in [0, 0.05) is 16.5 Å². The lowest BCUT2D eigenvalue weighted by Crippen LogP contribution is -2.16. The molecule has 5 rings (SSSR count). The molecule has 3 aromatic carbocycles. The van der Waals surface area contributed by atoms with Gasteiger partial charge in [-0.15, -0.1) is 0 Å². The Kier molecular flexibility index (Phi) is 3.95. The third-order valence-corrected chi connectivity index (χ3v) is 4.97. The van der Waals surface area contributed by atoms with E-state index in [1.807, 2.05) is 72.8 Å². The molecule has 0 N–H and O–H groups in total. The van der Waals surface area contributed by atoms with Gasteiger partial charge in [-0.2, -0.15) is 0 Å². The van der Waals surface area contributed by atoms with Gasteiger partial charge in [-0.3, -0.25) is 0 Å². The maximum Gasteiger partial charge on any atom is 0.227 e. The number of para-hydroxylation sites is 3. The molecule has 0 spiro atoms. The first-order valence-electron chi connectivity index (χ1n) is 9.73. The summed E-state index contributed by atoms with van der Waals surface area (Å²) in [6.45, 7) is 6.47. The number of nitrogens with zero attached hydrogens (tertiary/aromatic N) is 3. The fourth-order valence-electron chi connectivity index (χ4n) is 3.55. The lowest BCUT2D eigenvalue weighted by Gasteiger charge is -2.21. The van der Waals surface area contributed by atoms with E-state index in [4.69, 9.17) is 19.4 Å². The quantitative estimate of drug-likeness (QED) is 0.356. The molecule has 2 aromatic heterocycles. The van der Waals surface area contributed by atoms with Crippen LogP contribution in [0.2, 0.25) is 0 Å². The van der Waals surface area contributed by atoms with E-state index in [0.29, 0.717) is 5.89 Å². The molecule has 0 saturated carbocycles. The van der Waals surface area contributed by atoms with Gasteiger partial charge in [0.25, 0.3) is 0 Å². The van der Waals surface area contributed by atoms with E-state index in [0.717, 1.165) is 44.6 Å². The van der Waals surface area contributed by atoms with Gasteiger partial charge in [-0.1, -0.05) is 57.2 Å². The second-order valence-electron chi connectivity index (χ2n) is 8.20. The van der Waals surface area contributed by atoms with Crippen molar-refractivity contribution in [1.82, 2.24) is 15.0 Å². The molecule has 0 aliphatic rings. The lowest BCUT2D eigenvalue weighted by molar-refractivity contribution is 0.570. The van der Waals surface area contributed by atoms with Crippen molar-refractivity contribution in [3.63, 3.8) is 0 Å². The van der Waals surface area contributed by atoms with Crippen molar-refractivity contribution in [2.24, 2.45) is 0 Å². The number of oxazole rings is 1. The molecule has 0 aliphatic heterocycles. The highest BCUT2D eigenvalue weighted by Crippen LogP contribution is 2.37. The van der Waals surface area contributed by atoms with Gasteiger partial charge in [0.15, 0.2) is 5.58 Å². The van der Waals surface area contributed by atoms with Crippen LogP contribution in [0.5, 0.6) is 0 Å². The lowest BCUT2D eigenvalue weighted by atomic mass is 9.88. The third-order valence-electron chi connectivity index (χ3n) is 4.97. The summed E-state index contributed by atoms with van der Waals surface area (Å²) in [7, 11) is 0. The van der Waals surface area contributed by atoms with Crippen molar-refractivity contribution in [2.75, 3.05) is 0 Å². The van der Waals surface area contributed by atoms with E-state index in [9.17, 15) is 0 Å². The highest BCUT2D eigenvalue weighted by Gasteiger charge is 2.25. The van der Waals surface area contributed by atoms with Crippen LogP contribution in [0.4, 0.5) is 0 Å². The second-order valence-corrected chi connectivity index (χ2v) is 8.20. The monoisotopic (exact) mass is 379 g/mol. The van der Waals surface area contributed by atoms with Crippen LogP contribution in [0.25, 0.3) is 44.8 Å². The predicted octanol–water partition coefficient (Wildman–Crippen LogP) is 6.40. The van der Waals surface area contributed by atoms with Crippen LogP contribution >= 0.6 is 0 Å². The Morgan fingerprint density at radius 1 is 0.655 bits per heavy atom. The zero-order valence-electron chi connectivity index (χ0n) is 16.7. The molecule has 4 heteroatoms. The molecule has 0 fully saturated rings. The Morgan fingerprint density at radius 2 is 1.31 bits per heavy atom. The average Bonchev–Trinajstić information content (AvgIpc) is 3.17. The Balaban J connectivity index is 1.79. The fourth-order valence-corrected chi connectivity index (χ4v) is 3.55. The van der Waals surface area contributed by atoms with E-state index in [2.05, 4.69) is 20.8 Å². The standard InChI is InChI=1S/C25H21N3O/c1-25(2,3)23-21(26-18-13-7-8-14-19(18)27-23)17-12-9-15-20-22(17)29-24(28-20)16-10-5-4-6-11-16/h4-15H,1-3H3. The minimum Gasteiger partial charge on any atom is -0.435 e. The molecular weight excluding hydrogens is 358 g/mol. The molecule has 0 atom stereocenters. The van der Waals surface area contributed by atoms with E-state index in [1.165, 1.54) is 0 Å². The van der Waals surface area contributed by atoms with E-state index < -0.39 is 0 Å². The number of benzene rings is 3. The summed E-state index contributed by atoms with van der Waals surface area (Å²) in [4.78, 5) is 14.7. The normalized spacial score (nSPS) is 12.0. The highest BCUT2D eigenvalue weighted by atomic mass is 16.3. The van der Waals surface area contributed by atoms with Gasteiger partial charge in [-0.25, -0.2) is 15.0 Å². The summed E-state index contributed by atoms with van der Waals surface area (Å²) in [5, 5.41) is 0. The van der Waals surface area contributed by atoms with Gasteiger partial charge in [0.05, 0.1) is 22.4 Å². The molecule has 2 heterocycles. The first-order chi connectivity index (χ1) is 14.0. The molecule has 0 saturated heterocycles. The molecule has 0 radical (unpaired) electrons. The zero-order valence-corrected chi connectivity index (χ0v) is 16.7. The van der Waals surface area contributed by atoms with Crippen molar-refractivity contribution < 1.29 is 4.42 Å². The molecule has 0 aliphatic carbocycles. The summed E-state index contributed by atoms with van der Waals surface area (Å²) in [6, 6.07) is 23.9. The van der Waals surface area contributed by atoms with Crippen LogP contribution < -0.4 is 0 Å². The molecule has 0 amide bonds. The molecular formula is C25H21N3O. The highest BCUT2D eigenvalue weighted by molar-refractivity contribution is 5.92. The summed E-state index contributed by atoms with van der Waals surface area (Å²) in [6.07, 6.45) is 0. The van der Waals surface area contributed by atoms with Crippen molar-refractivity contribution in [2.45, 2.75) is 26.2 Å². The molecule has 0 unspecified atom stereocenters. The van der Waals surface area contributed by atoms with Crippen LogP contribution in [0.15, 0.2) is 77.2 Å². The van der Waals surface area contributed by atoms with Crippen molar-refractivity contribution >= 4 is 22.1 Å². The Bertz CT molecular complexity index is 1330. The van der Waals surface area contributed by atoms with Gasteiger partial charge in [0.2, 0.25) is 5.89 Å². The third kappa shape index (κ3) is 3.07. The van der Waals surface area contributed by atoms with E-state index in [-0.39, 0.29) is 5.41 Å².